The summed E-state index contributed by atoms with van der Waals surface area (Å²) in [5.41, 5.74) is 1.66. The fourth-order valence-electron chi connectivity index (χ4n) is 2.54. The van der Waals surface area contributed by atoms with E-state index in [0.717, 1.165) is 5.56 Å². The van der Waals surface area contributed by atoms with Crippen LogP contribution < -0.4 is 5.32 Å². The second-order valence-corrected chi connectivity index (χ2v) is 8.95. The number of nitriles is 1. The lowest BCUT2D eigenvalue weighted by Gasteiger charge is -2.39. The Bertz CT molecular complexity index is 730. The van der Waals surface area contributed by atoms with Crippen molar-refractivity contribution in [2.45, 2.75) is 25.1 Å². The molecule has 0 aliphatic carbocycles. The number of hydrogen-bond donors (Lipinski definition) is 1. The molecule has 1 aliphatic rings. The molecular weight excluding hydrogens is 312 g/mol. The van der Waals surface area contributed by atoms with Gasteiger partial charge in [-0.25, -0.2) is 8.42 Å². The minimum atomic E-state index is -3.07. The average Bonchev–Trinajstić information content (AvgIpc) is 2.52. The summed E-state index contributed by atoms with van der Waals surface area (Å²) in [6.07, 6.45) is 0. The van der Waals surface area contributed by atoms with E-state index in [1.807, 2.05) is 17.0 Å². The Balaban J connectivity index is 2.02. The number of nitrogens with one attached hydrogen (secondary N) is 1. The number of guanidine groups is 1. The first-order chi connectivity index (χ1) is 10.8. The minimum absolute atomic E-state index is 0.136. The van der Waals surface area contributed by atoms with Gasteiger partial charge in [-0.1, -0.05) is 12.1 Å². The molecule has 1 aliphatic heterocycles. The summed E-state index contributed by atoms with van der Waals surface area (Å²) in [6.45, 7) is 4.94. The van der Waals surface area contributed by atoms with Gasteiger partial charge in [0.05, 0.1) is 22.1 Å². The first-order valence-corrected chi connectivity index (χ1v) is 9.11. The van der Waals surface area contributed by atoms with Crippen molar-refractivity contribution in [2.75, 3.05) is 25.9 Å². The van der Waals surface area contributed by atoms with E-state index in [2.05, 4.69) is 16.4 Å². The molecule has 0 spiro atoms. The third-order valence-electron chi connectivity index (χ3n) is 4.09. The molecule has 0 radical (unpaired) electrons. The Labute approximate surface area is 137 Å². The Hall–Kier alpha value is -2.07. The monoisotopic (exact) mass is 334 g/mol. The van der Waals surface area contributed by atoms with Gasteiger partial charge in [0.25, 0.3) is 0 Å². The number of sulfone groups is 1. The Kier molecular flexibility index (Phi) is 4.95. The predicted octanol–water partition coefficient (Wildman–Crippen LogP) is 1.14. The summed E-state index contributed by atoms with van der Waals surface area (Å²) in [5, 5.41) is 12.1. The molecule has 1 saturated heterocycles. The molecule has 0 amide bonds. The van der Waals surface area contributed by atoms with Gasteiger partial charge in [-0.15, -0.1) is 0 Å². The van der Waals surface area contributed by atoms with Gasteiger partial charge < -0.3 is 10.2 Å². The zero-order valence-electron chi connectivity index (χ0n) is 13.7. The maximum absolute atomic E-state index is 12.1. The molecule has 0 aromatic heterocycles. The van der Waals surface area contributed by atoms with Crippen LogP contribution in [0.15, 0.2) is 29.3 Å². The molecular formula is C16H22N4O2S. The van der Waals surface area contributed by atoms with E-state index < -0.39 is 14.6 Å². The lowest BCUT2D eigenvalue weighted by Crippen LogP contribution is -2.57. The number of benzene rings is 1. The molecule has 1 heterocycles. The first-order valence-electron chi connectivity index (χ1n) is 7.46. The molecule has 1 N–H and O–H groups in total. The van der Waals surface area contributed by atoms with Gasteiger partial charge in [-0.2, -0.15) is 5.26 Å². The Morgan fingerprint density at radius 1 is 1.39 bits per heavy atom. The van der Waals surface area contributed by atoms with Crippen molar-refractivity contribution in [3.63, 3.8) is 0 Å². The fraction of sp³-hybridized carbons (Fsp3) is 0.500. The third-order valence-corrected chi connectivity index (χ3v) is 6.62. The van der Waals surface area contributed by atoms with Gasteiger partial charge >= 0.3 is 0 Å². The lowest BCUT2D eigenvalue weighted by molar-refractivity contribution is 0.353. The second kappa shape index (κ2) is 6.59. The number of rotatable bonds is 2. The van der Waals surface area contributed by atoms with Crippen molar-refractivity contribution in [1.29, 1.82) is 5.26 Å². The summed E-state index contributed by atoms with van der Waals surface area (Å²) in [6, 6.07) is 9.42. The van der Waals surface area contributed by atoms with Gasteiger partial charge in [0, 0.05) is 26.7 Å². The van der Waals surface area contributed by atoms with Crippen molar-refractivity contribution >= 4 is 15.8 Å². The summed E-state index contributed by atoms with van der Waals surface area (Å²) in [7, 11) is -1.37. The van der Waals surface area contributed by atoms with Crippen molar-refractivity contribution in [1.82, 2.24) is 10.2 Å². The first kappa shape index (κ1) is 17.3. The molecule has 1 aromatic rings. The fourth-order valence-corrected chi connectivity index (χ4v) is 3.90. The van der Waals surface area contributed by atoms with Crippen molar-refractivity contribution in [3.05, 3.63) is 35.4 Å². The third kappa shape index (κ3) is 3.82. The molecule has 124 valence electrons. The highest BCUT2D eigenvalue weighted by molar-refractivity contribution is 7.92. The van der Waals surface area contributed by atoms with Gasteiger partial charge in [-0.05, 0) is 31.5 Å². The predicted molar refractivity (Wildman–Crippen MR) is 90.8 cm³/mol. The van der Waals surface area contributed by atoms with Crippen LogP contribution in [0.25, 0.3) is 0 Å². The maximum atomic E-state index is 12.1. The van der Waals surface area contributed by atoms with E-state index in [9.17, 15) is 8.42 Å². The molecule has 6 nitrogen and oxygen atoms in total. The summed E-state index contributed by atoms with van der Waals surface area (Å²) in [5.74, 6) is 0.828. The lowest BCUT2D eigenvalue weighted by atomic mass is 10.1. The van der Waals surface area contributed by atoms with Crippen LogP contribution in [0.1, 0.15) is 25.0 Å². The zero-order chi connectivity index (χ0) is 17.1. The molecule has 23 heavy (non-hydrogen) atoms. The Morgan fingerprint density at radius 3 is 2.57 bits per heavy atom. The van der Waals surface area contributed by atoms with Gasteiger partial charge in [0.15, 0.2) is 15.8 Å². The largest absolute Gasteiger partial charge is 0.352 e. The maximum Gasteiger partial charge on any atom is 0.193 e. The van der Waals surface area contributed by atoms with Crippen LogP contribution in [0.3, 0.4) is 0 Å². The number of hydrogen-bond acceptors (Lipinski definition) is 4. The van der Waals surface area contributed by atoms with E-state index >= 15 is 0 Å². The summed E-state index contributed by atoms with van der Waals surface area (Å²) < 4.78 is 23.4. The van der Waals surface area contributed by atoms with Crippen molar-refractivity contribution in [3.8, 4) is 6.07 Å². The summed E-state index contributed by atoms with van der Waals surface area (Å²) in [4.78, 5) is 6.24. The quantitative estimate of drug-likeness (QED) is 0.647. The minimum Gasteiger partial charge on any atom is -0.352 e. The highest BCUT2D eigenvalue weighted by Crippen LogP contribution is 2.23. The molecule has 2 rings (SSSR count). The van der Waals surface area contributed by atoms with E-state index in [0.29, 0.717) is 31.2 Å². The van der Waals surface area contributed by atoms with Gasteiger partial charge in [0.2, 0.25) is 0 Å². The van der Waals surface area contributed by atoms with Crippen molar-refractivity contribution < 1.29 is 8.42 Å². The van der Waals surface area contributed by atoms with Gasteiger partial charge in [0.1, 0.15) is 0 Å². The van der Waals surface area contributed by atoms with Crippen molar-refractivity contribution in [2.24, 2.45) is 4.99 Å². The highest BCUT2D eigenvalue weighted by Gasteiger charge is 2.40. The van der Waals surface area contributed by atoms with Gasteiger partial charge in [-0.3, -0.25) is 4.99 Å². The van der Waals surface area contributed by atoms with E-state index in [1.165, 1.54) is 0 Å². The van der Waals surface area contributed by atoms with E-state index in [-0.39, 0.29) is 5.75 Å². The van der Waals surface area contributed by atoms with Crippen LogP contribution in [-0.2, 0) is 16.4 Å². The topological polar surface area (TPSA) is 85.6 Å². The highest BCUT2D eigenvalue weighted by atomic mass is 32.2. The van der Waals surface area contributed by atoms with Crippen LogP contribution in [0, 0.1) is 11.3 Å². The molecule has 1 fully saturated rings. The average molecular weight is 334 g/mol. The van der Waals surface area contributed by atoms with E-state index in [4.69, 9.17) is 5.26 Å². The normalized spacial score (nSPS) is 19.9. The van der Waals surface area contributed by atoms with Crippen LogP contribution in [-0.4, -0.2) is 49.9 Å². The molecule has 0 atom stereocenters. The standard InChI is InChI=1S/C16H22N4O2S/c1-16(2)12-20(8-9-23(16,21)22)15(18-3)19-11-14-6-4-13(10-17)5-7-14/h4-7H,8-9,11-12H2,1-3H3,(H,18,19). The number of aliphatic imine (C=N–C) groups is 1. The van der Waals surface area contributed by atoms with Crippen LogP contribution >= 0.6 is 0 Å². The number of nitrogens with zero attached hydrogens (tertiary/aromatic N) is 3. The molecule has 1 aromatic carbocycles. The van der Waals surface area contributed by atoms with Crippen LogP contribution in [0.5, 0.6) is 0 Å². The Morgan fingerprint density at radius 2 is 2.04 bits per heavy atom. The molecule has 0 unspecified atom stereocenters. The smallest absolute Gasteiger partial charge is 0.193 e. The van der Waals surface area contributed by atoms with Crippen LogP contribution in [0.2, 0.25) is 0 Å². The van der Waals surface area contributed by atoms with Crippen LogP contribution in [0.4, 0.5) is 0 Å². The zero-order valence-corrected chi connectivity index (χ0v) is 14.5. The van der Waals surface area contributed by atoms with E-state index in [1.54, 1.807) is 33.0 Å². The molecule has 0 saturated carbocycles. The second-order valence-electron chi connectivity index (χ2n) is 6.21. The SMILES string of the molecule is CN=C(NCc1ccc(C#N)cc1)N1CCS(=O)(=O)C(C)(C)C1. The molecule has 7 heteroatoms. The summed E-state index contributed by atoms with van der Waals surface area (Å²) >= 11 is 0. The molecule has 0 bridgehead atoms.